The predicted octanol–water partition coefficient (Wildman–Crippen LogP) is -2.68. The summed E-state index contributed by atoms with van der Waals surface area (Å²) in [6.45, 7) is 1.68. The largest absolute Gasteiger partial charge is 0.388 e. The molecule has 2 unspecified atom stereocenters. The molecule has 0 saturated carbocycles. The van der Waals surface area contributed by atoms with Crippen LogP contribution in [-0.4, -0.2) is 52.6 Å². The van der Waals surface area contributed by atoms with Crippen LogP contribution in [0.5, 0.6) is 0 Å². The fourth-order valence-corrected chi connectivity index (χ4v) is 1.40. The molecule has 0 aromatic carbocycles. The summed E-state index contributed by atoms with van der Waals surface area (Å²) in [5, 5.41) is 30.9. The Labute approximate surface area is 76.3 Å². The zero-order valence-corrected chi connectivity index (χ0v) is 7.42. The molecule has 0 amide bonds. The van der Waals surface area contributed by atoms with Crippen molar-refractivity contribution in [3.8, 4) is 0 Å². The van der Waals surface area contributed by atoms with E-state index in [1.807, 2.05) is 0 Å². The summed E-state index contributed by atoms with van der Waals surface area (Å²) in [5.41, 5.74) is 5.19. The van der Waals surface area contributed by atoms with Crippen molar-refractivity contribution >= 4 is 0 Å². The Morgan fingerprint density at radius 1 is 1.31 bits per heavy atom. The van der Waals surface area contributed by atoms with Crippen molar-refractivity contribution in [2.45, 2.75) is 37.6 Å². The number of ether oxygens (including phenoxy) is 1. The number of hydrogen-bond acceptors (Lipinski definition) is 6. The molecule has 1 aliphatic rings. The Balaban J connectivity index is 2.61. The van der Waals surface area contributed by atoms with Gasteiger partial charge in [-0.1, -0.05) is 0 Å². The highest BCUT2D eigenvalue weighted by atomic mass is 16.6. The molecule has 0 aliphatic carbocycles. The third kappa shape index (κ3) is 2.16. The van der Waals surface area contributed by atoms with Crippen LogP contribution >= 0.6 is 0 Å². The lowest BCUT2D eigenvalue weighted by atomic mass is 9.98. The highest BCUT2D eigenvalue weighted by molar-refractivity contribution is 4.90. The lowest BCUT2D eigenvalue weighted by Gasteiger charge is -2.39. The molecular formula is C7H16N2O4. The van der Waals surface area contributed by atoms with Gasteiger partial charge in [-0.05, 0) is 6.92 Å². The minimum atomic E-state index is -1.14. The van der Waals surface area contributed by atoms with Crippen LogP contribution in [0.2, 0.25) is 0 Å². The van der Waals surface area contributed by atoms with E-state index in [4.69, 9.17) is 10.5 Å². The first-order valence-electron chi connectivity index (χ1n) is 4.21. The second kappa shape index (κ2) is 4.32. The molecule has 0 spiro atoms. The summed E-state index contributed by atoms with van der Waals surface area (Å²) in [6.07, 6.45) is -3.80. The minimum Gasteiger partial charge on any atom is -0.388 e. The van der Waals surface area contributed by atoms with Crippen LogP contribution in [0.4, 0.5) is 0 Å². The molecule has 6 nitrogen and oxygen atoms in total. The molecule has 0 bridgehead atoms. The first-order chi connectivity index (χ1) is 6.07. The number of aliphatic hydroxyl groups excluding tert-OH is 3. The van der Waals surface area contributed by atoms with Gasteiger partial charge in [0.25, 0.3) is 0 Å². The van der Waals surface area contributed by atoms with E-state index in [2.05, 4.69) is 5.32 Å². The summed E-state index contributed by atoms with van der Waals surface area (Å²) in [7, 11) is 0. The topological polar surface area (TPSA) is 108 Å². The summed E-state index contributed by atoms with van der Waals surface area (Å²) in [6, 6.07) is -0.740. The van der Waals surface area contributed by atoms with Gasteiger partial charge in [0, 0.05) is 6.67 Å². The van der Waals surface area contributed by atoms with Gasteiger partial charge in [0.2, 0.25) is 0 Å². The first kappa shape index (κ1) is 10.8. The van der Waals surface area contributed by atoms with Crippen LogP contribution in [0.25, 0.3) is 0 Å². The molecule has 1 heterocycles. The maximum atomic E-state index is 9.50. The van der Waals surface area contributed by atoms with E-state index in [0.717, 1.165) is 0 Å². The Morgan fingerprint density at radius 3 is 2.46 bits per heavy atom. The molecule has 13 heavy (non-hydrogen) atoms. The minimum absolute atomic E-state index is 0.100. The van der Waals surface area contributed by atoms with Gasteiger partial charge in [0.1, 0.15) is 12.2 Å². The lowest BCUT2D eigenvalue weighted by molar-refractivity contribution is -0.242. The summed E-state index contributed by atoms with van der Waals surface area (Å²) >= 11 is 0. The summed E-state index contributed by atoms with van der Waals surface area (Å²) < 4.78 is 4.96. The molecule has 6 N–H and O–H groups in total. The van der Waals surface area contributed by atoms with E-state index in [-0.39, 0.29) is 6.67 Å². The van der Waals surface area contributed by atoms with Crippen LogP contribution in [0.15, 0.2) is 0 Å². The second-order valence-electron chi connectivity index (χ2n) is 3.15. The van der Waals surface area contributed by atoms with Crippen molar-refractivity contribution in [1.29, 1.82) is 0 Å². The van der Waals surface area contributed by atoms with Crippen molar-refractivity contribution in [1.82, 2.24) is 5.32 Å². The molecule has 1 saturated heterocycles. The average Bonchev–Trinajstić information content (AvgIpc) is 2.09. The molecule has 0 radical (unpaired) electrons. The zero-order chi connectivity index (χ0) is 10.0. The average molecular weight is 192 g/mol. The van der Waals surface area contributed by atoms with Gasteiger partial charge in [-0.3, -0.25) is 5.32 Å². The standard InChI is InChI=1S/C7H16N2O4/c1-3-5(10)6(11)4(9-2-8)7(12)13-3/h3-7,9-12H,2,8H2,1H3/t3?,4-,5+,6-,7?/m1/s1. The Bertz CT molecular complexity index is 169. The maximum Gasteiger partial charge on any atom is 0.173 e. The SMILES string of the molecule is CC1OC(O)[C@H](NCN)[C@@H](O)[C@H]1O. The zero-order valence-electron chi connectivity index (χ0n) is 7.42. The Hall–Kier alpha value is -0.240. The third-order valence-corrected chi connectivity index (χ3v) is 2.21. The first-order valence-corrected chi connectivity index (χ1v) is 4.21. The Morgan fingerprint density at radius 2 is 1.92 bits per heavy atom. The van der Waals surface area contributed by atoms with E-state index in [9.17, 15) is 15.3 Å². The number of aliphatic hydroxyl groups is 3. The highest BCUT2D eigenvalue weighted by Crippen LogP contribution is 2.18. The monoisotopic (exact) mass is 192 g/mol. The van der Waals surface area contributed by atoms with Crippen molar-refractivity contribution in [3.63, 3.8) is 0 Å². The molecule has 1 aliphatic heterocycles. The van der Waals surface area contributed by atoms with Crippen molar-refractivity contribution in [2.75, 3.05) is 6.67 Å². The van der Waals surface area contributed by atoms with E-state index >= 15 is 0 Å². The van der Waals surface area contributed by atoms with Crippen LogP contribution < -0.4 is 11.1 Å². The molecule has 0 aromatic rings. The van der Waals surface area contributed by atoms with E-state index in [1.165, 1.54) is 0 Å². The van der Waals surface area contributed by atoms with Gasteiger partial charge >= 0.3 is 0 Å². The smallest absolute Gasteiger partial charge is 0.173 e. The molecular weight excluding hydrogens is 176 g/mol. The summed E-state index contributed by atoms with van der Waals surface area (Å²) in [5.74, 6) is 0. The number of nitrogens with two attached hydrogens (primary N) is 1. The third-order valence-electron chi connectivity index (χ3n) is 2.21. The second-order valence-corrected chi connectivity index (χ2v) is 3.15. The normalized spacial score (nSPS) is 46.4. The number of hydrogen-bond donors (Lipinski definition) is 5. The van der Waals surface area contributed by atoms with Crippen molar-refractivity contribution in [2.24, 2.45) is 5.73 Å². The summed E-state index contributed by atoms with van der Waals surface area (Å²) in [4.78, 5) is 0. The number of nitrogens with one attached hydrogen (secondary N) is 1. The number of rotatable bonds is 2. The van der Waals surface area contributed by atoms with Gasteiger partial charge in [0.05, 0.1) is 12.1 Å². The molecule has 1 fully saturated rings. The van der Waals surface area contributed by atoms with Gasteiger partial charge in [0.15, 0.2) is 6.29 Å². The van der Waals surface area contributed by atoms with Gasteiger partial charge in [-0.15, -0.1) is 0 Å². The molecule has 6 heteroatoms. The van der Waals surface area contributed by atoms with E-state index < -0.39 is 30.6 Å². The lowest BCUT2D eigenvalue weighted by Crippen LogP contribution is -2.62. The van der Waals surface area contributed by atoms with Crippen LogP contribution in [0, 0.1) is 0 Å². The van der Waals surface area contributed by atoms with E-state index in [1.54, 1.807) is 6.92 Å². The maximum absolute atomic E-state index is 9.50. The van der Waals surface area contributed by atoms with Gasteiger partial charge < -0.3 is 25.8 Å². The Kier molecular flexibility index (Phi) is 3.60. The van der Waals surface area contributed by atoms with Gasteiger partial charge in [-0.2, -0.15) is 0 Å². The van der Waals surface area contributed by atoms with Crippen LogP contribution in [0.3, 0.4) is 0 Å². The predicted molar refractivity (Wildman–Crippen MR) is 44.5 cm³/mol. The quantitative estimate of drug-likeness (QED) is 0.305. The van der Waals surface area contributed by atoms with Crippen LogP contribution in [-0.2, 0) is 4.74 Å². The highest BCUT2D eigenvalue weighted by Gasteiger charge is 2.41. The molecule has 78 valence electrons. The molecule has 5 atom stereocenters. The van der Waals surface area contributed by atoms with Crippen molar-refractivity contribution in [3.05, 3.63) is 0 Å². The van der Waals surface area contributed by atoms with Crippen molar-refractivity contribution < 1.29 is 20.1 Å². The molecule has 1 rings (SSSR count). The fourth-order valence-electron chi connectivity index (χ4n) is 1.40. The molecule has 0 aromatic heterocycles. The fraction of sp³-hybridized carbons (Fsp3) is 1.00. The van der Waals surface area contributed by atoms with Gasteiger partial charge in [-0.25, -0.2) is 0 Å². The van der Waals surface area contributed by atoms with Crippen LogP contribution in [0.1, 0.15) is 6.92 Å². The van der Waals surface area contributed by atoms with E-state index in [0.29, 0.717) is 0 Å².